The number of hydrogen-bond acceptors (Lipinski definition) is 2. The van der Waals surface area contributed by atoms with Crippen LogP contribution >= 0.6 is 0 Å². The highest BCUT2D eigenvalue weighted by molar-refractivity contribution is 6.02. The molecule has 0 aliphatic rings. The predicted molar refractivity (Wildman–Crippen MR) is 70.9 cm³/mol. The molecule has 0 saturated heterocycles. The summed E-state index contributed by atoms with van der Waals surface area (Å²) in [6.45, 7) is 0. The van der Waals surface area contributed by atoms with Crippen molar-refractivity contribution in [3.63, 3.8) is 0 Å². The van der Waals surface area contributed by atoms with Gasteiger partial charge in [0.05, 0.1) is 0 Å². The molecule has 0 fully saturated rings. The van der Waals surface area contributed by atoms with Crippen molar-refractivity contribution in [2.24, 2.45) is 10.2 Å². The Labute approximate surface area is 111 Å². The Balaban J connectivity index is 2.49. The van der Waals surface area contributed by atoms with Crippen LogP contribution in [0.3, 0.4) is 0 Å². The maximum absolute atomic E-state index is 11.4. The number of benzene rings is 2. The highest BCUT2D eigenvalue weighted by Crippen LogP contribution is 2.19. The smallest absolute Gasteiger partial charge is 0.249 e. The largest absolute Gasteiger partial charge is 0.287 e. The van der Waals surface area contributed by atoms with Crippen LogP contribution in [-0.2, 0) is 0 Å². The molecule has 0 aliphatic heterocycles. The molecular weight excluding hydrogens is 260 g/mol. The zero-order valence-corrected chi connectivity index (χ0v) is 9.96. The molecule has 0 atom stereocenters. The second-order valence-corrected chi connectivity index (χ2v) is 3.77. The third-order valence-corrected chi connectivity index (χ3v) is 2.61. The van der Waals surface area contributed by atoms with Crippen LogP contribution in [0.15, 0.2) is 46.6 Å². The van der Waals surface area contributed by atoms with Crippen molar-refractivity contribution in [1.82, 2.24) is 0 Å². The van der Waals surface area contributed by atoms with Crippen LogP contribution < -0.4 is 0 Å². The van der Waals surface area contributed by atoms with Crippen molar-refractivity contribution in [1.29, 1.82) is 0 Å². The van der Waals surface area contributed by atoms with E-state index >= 15 is 0 Å². The lowest BCUT2D eigenvalue weighted by molar-refractivity contribution is 0.0992. The van der Waals surface area contributed by atoms with Gasteiger partial charge in [0.1, 0.15) is 0 Å². The third kappa shape index (κ3) is 2.56. The van der Waals surface area contributed by atoms with E-state index < -0.39 is 11.8 Å². The first-order valence-corrected chi connectivity index (χ1v) is 5.38. The number of nitrogens with zero attached hydrogens (tertiary/aromatic N) is 6. The molecule has 0 radical (unpaired) electrons. The molecule has 0 spiro atoms. The second kappa shape index (κ2) is 5.53. The zero-order chi connectivity index (χ0) is 14.5. The monoisotopic (exact) mass is 266 g/mol. The molecule has 0 saturated carbocycles. The molecule has 2 rings (SSSR count). The summed E-state index contributed by atoms with van der Waals surface area (Å²) < 4.78 is 0. The lowest BCUT2D eigenvalue weighted by atomic mass is 10.0. The van der Waals surface area contributed by atoms with E-state index in [1.54, 1.807) is 24.3 Å². The second-order valence-electron chi connectivity index (χ2n) is 3.77. The van der Waals surface area contributed by atoms with Gasteiger partial charge in [-0.15, -0.1) is 0 Å². The average Bonchev–Trinajstić information content (AvgIpc) is 2.46. The SMILES string of the molecule is [N-]=[N+]=NC(=O)c1ccc2cc(C(=O)N=[N+]=[N-])ccc2c1. The van der Waals surface area contributed by atoms with Crippen molar-refractivity contribution < 1.29 is 9.59 Å². The molecule has 0 heterocycles. The van der Waals surface area contributed by atoms with Gasteiger partial charge < -0.3 is 0 Å². The maximum atomic E-state index is 11.4. The number of fused-ring (bicyclic) bond motifs is 1. The van der Waals surface area contributed by atoms with Gasteiger partial charge in [-0.3, -0.25) is 9.59 Å². The standard InChI is InChI=1S/C12H6N6O2/c13-17-15-11(19)9-3-1-7-5-10(12(20)16-18-14)4-2-8(7)6-9/h1-6H. The van der Waals surface area contributed by atoms with Gasteiger partial charge in [0.2, 0.25) is 11.8 Å². The van der Waals surface area contributed by atoms with Crippen LogP contribution in [0, 0.1) is 0 Å². The first-order valence-electron chi connectivity index (χ1n) is 5.38. The van der Waals surface area contributed by atoms with Crippen LogP contribution in [0.2, 0.25) is 0 Å². The first-order chi connectivity index (χ1) is 9.65. The molecule has 96 valence electrons. The predicted octanol–water partition coefficient (Wildman–Crippen LogP) is 3.74. The Bertz CT molecular complexity index is 747. The minimum absolute atomic E-state index is 0.254. The molecule has 0 bridgehead atoms. The number of azide groups is 2. The summed E-state index contributed by atoms with van der Waals surface area (Å²) in [5.41, 5.74) is 16.9. The molecule has 2 aromatic rings. The van der Waals surface area contributed by atoms with Gasteiger partial charge in [0, 0.05) is 21.0 Å². The molecule has 0 N–H and O–H groups in total. The van der Waals surface area contributed by atoms with E-state index in [-0.39, 0.29) is 11.1 Å². The molecule has 20 heavy (non-hydrogen) atoms. The van der Waals surface area contributed by atoms with Gasteiger partial charge in [-0.1, -0.05) is 24.3 Å². The Kier molecular flexibility index (Phi) is 3.63. The lowest BCUT2D eigenvalue weighted by Gasteiger charge is -2.02. The summed E-state index contributed by atoms with van der Waals surface area (Å²) in [5, 5.41) is 7.40. The number of hydrogen-bond donors (Lipinski definition) is 0. The van der Waals surface area contributed by atoms with Gasteiger partial charge in [0.15, 0.2) is 0 Å². The van der Waals surface area contributed by atoms with E-state index in [1.807, 2.05) is 0 Å². The van der Waals surface area contributed by atoms with Gasteiger partial charge in [-0.05, 0) is 44.2 Å². The van der Waals surface area contributed by atoms with E-state index in [9.17, 15) is 9.59 Å². The summed E-state index contributed by atoms with van der Waals surface area (Å²) in [6, 6.07) is 9.30. The lowest BCUT2D eigenvalue weighted by Crippen LogP contribution is -1.95. The van der Waals surface area contributed by atoms with Gasteiger partial charge in [-0.2, -0.15) is 0 Å². The Hall–Kier alpha value is -3.34. The topological polar surface area (TPSA) is 132 Å². The van der Waals surface area contributed by atoms with Crippen molar-refractivity contribution >= 4 is 22.6 Å². The van der Waals surface area contributed by atoms with E-state index in [4.69, 9.17) is 11.1 Å². The molecular formula is C12H6N6O2. The molecule has 8 heteroatoms. The van der Waals surface area contributed by atoms with Crippen LogP contribution in [0.4, 0.5) is 0 Å². The van der Waals surface area contributed by atoms with E-state index in [1.165, 1.54) is 12.1 Å². The van der Waals surface area contributed by atoms with Crippen LogP contribution in [0.1, 0.15) is 20.7 Å². The van der Waals surface area contributed by atoms with Crippen molar-refractivity contribution in [3.05, 3.63) is 68.4 Å². The number of carbonyl (C=O) groups excluding carboxylic acids is 2. The van der Waals surface area contributed by atoms with Gasteiger partial charge >= 0.3 is 0 Å². The van der Waals surface area contributed by atoms with Crippen LogP contribution in [-0.4, -0.2) is 11.8 Å². The third-order valence-electron chi connectivity index (χ3n) is 2.61. The van der Waals surface area contributed by atoms with Crippen LogP contribution in [0.25, 0.3) is 31.7 Å². The minimum Gasteiger partial charge on any atom is -0.287 e. The van der Waals surface area contributed by atoms with E-state index in [0.29, 0.717) is 10.8 Å². The van der Waals surface area contributed by atoms with Gasteiger partial charge in [-0.25, -0.2) is 0 Å². The average molecular weight is 266 g/mol. The molecule has 0 aromatic heterocycles. The molecule has 0 aliphatic carbocycles. The number of amides is 2. The molecule has 2 aromatic carbocycles. The summed E-state index contributed by atoms with van der Waals surface area (Å²) in [5.74, 6) is -1.35. The molecule has 8 nitrogen and oxygen atoms in total. The summed E-state index contributed by atoms with van der Waals surface area (Å²) in [6.07, 6.45) is 0. The highest BCUT2D eigenvalue weighted by atomic mass is 16.2. The van der Waals surface area contributed by atoms with Gasteiger partial charge in [0.25, 0.3) is 0 Å². The summed E-state index contributed by atoms with van der Waals surface area (Å²) in [7, 11) is 0. The van der Waals surface area contributed by atoms with Crippen molar-refractivity contribution in [2.45, 2.75) is 0 Å². The fourth-order valence-corrected chi connectivity index (χ4v) is 1.71. The zero-order valence-electron chi connectivity index (χ0n) is 9.96. The fraction of sp³-hybridized carbons (Fsp3) is 0. The Morgan fingerprint density at radius 3 is 1.55 bits per heavy atom. The van der Waals surface area contributed by atoms with Crippen molar-refractivity contribution in [2.75, 3.05) is 0 Å². The molecule has 2 amide bonds. The van der Waals surface area contributed by atoms with Crippen LogP contribution in [0.5, 0.6) is 0 Å². The normalized spacial score (nSPS) is 9.40. The van der Waals surface area contributed by atoms with Crippen molar-refractivity contribution in [3.8, 4) is 0 Å². The minimum atomic E-state index is -0.677. The summed E-state index contributed by atoms with van der Waals surface area (Å²) in [4.78, 5) is 27.7. The Morgan fingerprint density at radius 2 is 1.20 bits per heavy atom. The Morgan fingerprint density at radius 1 is 0.800 bits per heavy atom. The highest BCUT2D eigenvalue weighted by Gasteiger charge is 2.07. The van der Waals surface area contributed by atoms with E-state index in [2.05, 4.69) is 20.1 Å². The fourth-order valence-electron chi connectivity index (χ4n) is 1.71. The quantitative estimate of drug-likeness (QED) is 0.465. The maximum Gasteiger partial charge on any atom is 0.249 e. The van der Waals surface area contributed by atoms with E-state index in [0.717, 1.165) is 0 Å². The molecule has 0 unspecified atom stereocenters. The summed E-state index contributed by atoms with van der Waals surface area (Å²) >= 11 is 0. The number of rotatable bonds is 2. The number of carbonyl (C=O) groups is 2. The first kappa shape index (κ1) is 13.1.